The van der Waals surface area contributed by atoms with Gasteiger partial charge in [-0.2, -0.15) is 0 Å². The van der Waals surface area contributed by atoms with E-state index in [1.165, 1.54) is 80.0 Å². The zero-order chi connectivity index (χ0) is 27.7. The molecule has 0 amide bonds. The van der Waals surface area contributed by atoms with Crippen molar-refractivity contribution in [1.82, 2.24) is 30.6 Å². The SMILES string of the molecule is c1cc2nc([C@@H]3CCCN3)[nH]c2cc1-c1ccc(-c2ccc3nc([C@@H]4CCCN4)[nH]c3c2)c2c1CC1(CCCCC1)C2. The molecule has 1 spiro atoms. The van der Waals surface area contributed by atoms with Crippen molar-refractivity contribution >= 4 is 22.1 Å². The van der Waals surface area contributed by atoms with Crippen molar-refractivity contribution in [2.24, 2.45) is 5.41 Å². The summed E-state index contributed by atoms with van der Waals surface area (Å²) in [5.74, 6) is 2.17. The molecule has 4 N–H and O–H groups in total. The van der Waals surface area contributed by atoms with Crippen molar-refractivity contribution in [1.29, 1.82) is 0 Å². The monoisotopic (exact) mass is 556 g/mol. The highest BCUT2D eigenvalue weighted by atomic mass is 15.0. The maximum atomic E-state index is 4.95. The van der Waals surface area contributed by atoms with E-state index >= 15 is 0 Å². The van der Waals surface area contributed by atoms with Crippen LogP contribution in [0.5, 0.6) is 0 Å². The molecule has 2 atom stereocenters. The molecule has 4 aliphatic rings. The van der Waals surface area contributed by atoms with E-state index in [2.05, 4.69) is 69.1 Å². The van der Waals surface area contributed by atoms with E-state index in [-0.39, 0.29) is 0 Å². The number of nitrogens with zero attached hydrogens (tertiary/aromatic N) is 2. The van der Waals surface area contributed by atoms with Gasteiger partial charge in [-0.1, -0.05) is 43.5 Å². The second-order valence-electron chi connectivity index (χ2n) is 13.5. The number of benzene rings is 3. The molecule has 214 valence electrons. The fourth-order valence-electron chi connectivity index (χ4n) is 8.67. The van der Waals surface area contributed by atoms with Crippen LogP contribution in [0.15, 0.2) is 48.5 Å². The van der Waals surface area contributed by atoms with E-state index in [0.717, 1.165) is 59.6 Å². The third-order valence-corrected chi connectivity index (χ3v) is 10.9. The van der Waals surface area contributed by atoms with Crippen LogP contribution in [-0.2, 0) is 12.8 Å². The first kappa shape index (κ1) is 25.1. The lowest BCUT2D eigenvalue weighted by Crippen LogP contribution is -2.24. The minimum absolute atomic E-state index is 0.355. The molecule has 0 bridgehead atoms. The summed E-state index contributed by atoms with van der Waals surface area (Å²) in [6, 6.07) is 19.2. The predicted molar refractivity (Wildman–Crippen MR) is 169 cm³/mol. The molecule has 6 nitrogen and oxygen atoms in total. The average Bonchev–Trinajstić information content (AvgIpc) is 3.85. The molecule has 5 aromatic rings. The Morgan fingerprint density at radius 2 is 1.12 bits per heavy atom. The van der Waals surface area contributed by atoms with E-state index in [4.69, 9.17) is 9.97 Å². The zero-order valence-electron chi connectivity index (χ0n) is 24.4. The Morgan fingerprint density at radius 3 is 1.60 bits per heavy atom. The quantitative estimate of drug-likeness (QED) is 0.183. The molecule has 1 saturated carbocycles. The lowest BCUT2D eigenvalue weighted by atomic mass is 9.72. The Hall–Kier alpha value is -3.48. The summed E-state index contributed by atoms with van der Waals surface area (Å²) in [5.41, 5.74) is 13.4. The molecule has 3 fully saturated rings. The molecule has 2 aromatic heterocycles. The standard InChI is InChI=1S/C36H40N6/c1-2-14-36(15-3-1)20-26-24(22-8-12-28-32(18-22)41-34(39-28)30-6-4-16-37-30)10-11-25(27(26)21-36)23-9-13-29-33(19-23)42-35(40-29)31-7-5-17-38-31/h8-13,18-19,30-31,37-38H,1-7,14-17,20-21H2,(H,39,41)(H,40,42)/t30-,31-/m0/s1. The van der Waals surface area contributed by atoms with Crippen LogP contribution in [-0.4, -0.2) is 33.0 Å². The van der Waals surface area contributed by atoms with Crippen LogP contribution in [0, 0.1) is 5.41 Å². The van der Waals surface area contributed by atoms with Gasteiger partial charge in [-0.3, -0.25) is 0 Å². The Bertz CT molecular complexity index is 1670. The van der Waals surface area contributed by atoms with E-state index in [0.29, 0.717) is 17.5 Å². The molecule has 2 saturated heterocycles. The second kappa shape index (κ2) is 9.78. The molecule has 9 rings (SSSR count). The number of fused-ring (bicyclic) bond motifs is 3. The van der Waals surface area contributed by atoms with Gasteiger partial charge in [0.2, 0.25) is 0 Å². The van der Waals surface area contributed by atoms with Gasteiger partial charge in [-0.05, 0) is 128 Å². The van der Waals surface area contributed by atoms with Crippen LogP contribution in [0.25, 0.3) is 44.3 Å². The van der Waals surface area contributed by atoms with Crippen molar-refractivity contribution in [3.8, 4) is 22.3 Å². The maximum Gasteiger partial charge on any atom is 0.124 e. The molecular formula is C36H40N6. The lowest BCUT2D eigenvalue weighted by Gasteiger charge is -2.33. The smallest absolute Gasteiger partial charge is 0.124 e. The highest BCUT2D eigenvalue weighted by molar-refractivity contribution is 5.87. The van der Waals surface area contributed by atoms with Crippen LogP contribution in [0.2, 0.25) is 0 Å². The third-order valence-electron chi connectivity index (χ3n) is 10.9. The Balaban J connectivity index is 1.13. The van der Waals surface area contributed by atoms with Crippen LogP contribution in [0.3, 0.4) is 0 Å². The van der Waals surface area contributed by atoms with Crippen molar-refractivity contribution in [3.63, 3.8) is 0 Å². The van der Waals surface area contributed by atoms with Crippen LogP contribution >= 0.6 is 0 Å². The molecule has 2 aliphatic heterocycles. The maximum absolute atomic E-state index is 4.95. The van der Waals surface area contributed by atoms with Gasteiger partial charge in [-0.25, -0.2) is 9.97 Å². The second-order valence-corrected chi connectivity index (χ2v) is 13.5. The molecule has 3 aromatic carbocycles. The normalized spacial score (nSPS) is 23.4. The number of hydrogen-bond donors (Lipinski definition) is 4. The van der Waals surface area contributed by atoms with Crippen LogP contribution < -0.4 is 10.6 Å². The molecule has 0 unspecified atom stereocenters. The summed E-state index contributed by atoms with van der Waals surface area (Å²) in [5, 5.41) is 7.18. The number of aromatic nitrogens is 4. The molecule has 0 radical (unpaired) electrons. The Kier molecular flexibility index (Phi) is 5.84. The number of nitrogens with one attached hydrogen (secondary N) is 4. The zero-order valence-corrected chi connectivity index (χ0v) is 24.4. The van der Waals surface area contributed by atoms with Crippen molar-refractivity contribution in [2.45, 2.75) is 82.7 Å². The van der Waals surface area contributed by atoms with Gasteiger partial charge in [0.25, 0.3) is 0 Å². The Labute approximate surface area is 247 Å². The fraction of sp³-hybridized carbons (Fsp3) is 0.444. The highest BCUT2D eigenvalue weighted by Gasteiger charge is 2.40. The number of imidazole rings is 2. The summed E-state index contributed by atoms with van der Waals surface area (Å²) in [6.07, 6.45) is 14.0. The first-order valence-electron chi connectivity index (χ1n) is 16.3. The van der Waals surface area contributed by atoms with Gasteiger partial charge in [0, 0.05) is 0 Å². The lowest BCUT2D eigenvalue weighted by molar-refractivity contribution is 0.203. The summed E-state index contributed by atoms with van der Waals surface area (Å²) < 4.78 is 0. The van der Waals surface area contributed by atoms with Gasteiger partial charge in [-0.15, -0.1) is 0 Å². The minimum atomic E-state index is 0.355. The van der Waals surface area contributed by atoms with Gasteiger partial charge < -0.3 is 20.6 Å². The van der Waals surface area contributed by atoms with Gasteiger partial charge in [0.15, 0.2) is 0 Å². The highest BCUT2D eigenvalue weighted by Crippen LogP contribution is 2.52. The first-order valence-corrected chi connectivity index (χ1v) is 16.3. The largest absolute Gasteiger partial charge is 0.341 e. The molecule has 6 heteroatoms. The molecular weight excluding hydrogens is 516 g/mol. The first-order chi connectivity index (χ1) is 20.7. The molecule has 4 heterocycles. The topological polar surface area (TPSA) is 81.4 Å². The van der Waals surface area contributed by atoms with E-state index in [1.807, 2.05) is 0 Å². The van der Waals surface area contributed by atoms with E-state index in [9.17, 15) is 0 Å². The van der Waals surface area contributed by atoms with Gasteiger partial charge in [0.05, 0.1) is 34.2 Å². The summed E-state index contributed by atoms with van der Waals surface area (Å²) in [6.45, 7) is 2.17. The van der Waals surface area contributed by atoms with Crippen molar-refractivity contribution in [2.75, 3.05) is 13.1 Å². The summed E-state index contributed by atoms with van der Waals surface area (Å²) in [7, 11) is 0. The number of hydrogen-bond acceptors (Lipinski definition) is 4. The van der Waals surface area contributed by atoms with Gasteiger partial charge in [0.1, 0.15) is 11.6 Å². The van der Waals surface area contributed by atoms with Crippen LogP contribution in [0.1, 0.15) is 92.6 Å². The molecule has 42 heavy (non-hydrogen) atoms. The number of H-pyrrole nitrogens is 2. The fourth-order valence-corrected chi connectivity index (χ4v) is 8.67. The van der Waals surface area contributed by atoms with Gasteiger partial charge >= 0.3 is 0 Å². The summed E-state index contributed by atoms with van der Waals surface area (Å²) in [4.78, 5) is 17.2. The minimum Gasteiger partial charge on any atom is -0.341 e. The average molecular weight is 557 g/mol. The number of aromatic amines is 2. The number of rotatable bonds is 4. The Morgan fingerprint density at radius 1 is 0.595 bits per heavy atom. The third kappa shape index (κ3) is 4.14. The van der Waals surface area contributed by atoms with E-state index in [1.54, 1.807) is 11.1 Å². The predicted octanol–water partition coefficient (Wildman–Crippen LogP) is 7.67. The van der Waals surface area contributed by atoms with E-state index < -0.39 is 0 Å². The van der Waals surface area contributed by atoms with Crippen LogP contribution in [0.4, 0.5) is 0 Å². The van der Waals surface area contributed by atoms with Crippen molar-refractivity contribution < 1.29 is 0 Å². The van der Waals surface area contributed by atoms with Crippen molar-refractivity contribution in [3.05, 3.63) is 71.3 Å². The molecule has 2 aliphatic carbocycles. The summed E-state index contributed by atoms with van der Waals surface area (Å²) >= 11 is 0.